The largest absolute Gasteiger partial charge is 0.309 e. The highest BCUT2D eigenvalue weighted by Gasteiger charge is 2.49. The molecule has 0 radical (unpaired) electrons. The quantitative estimate of drug-likeness (QED) is 0.854. The minimum absolute atomic E-state index is 0.200. The minimum Gasteiger partial charge on any atom is -0.309 e. The molecular weight excluding hydrogens is 284 g/mol. The summed E-state index contributed by atoms with van der Waals surface area (Å²) in [7, 11) is 0.862. The summed E-state index contributed by atoms with van der Waals surface area (Å²) >= 11 is 0. The van der Waals surface area contributed by atoms with Gasteiger partial charge in [0.1, 0.15) is 0 Å². The third-order valence-electron chi connectivity index (χ3n) is 4.87. The van der Waals surface area contributed by atoms with Gasteiger partial charge in [-0.15, -0.1) is 0 Å². The normalized spacial score (nSPS) is 29.4. The first-order chi connectivity index (χ1) is 9.88. The molecule has 0 aromatic heterocycles. The lowest BCUT2D eigenvalue weighted by Gasteiger charge is -2.32. The van der Waals surface area contributed by atoms with Gasteiger partial charge in [-0.3, -0.25) is 0 Å². The predicted octanol–water partition coefficient (Wildman–Crippen LogP) is 1.96. The Morgan fingerprint density at radius 1 is 1.19 bits per heavy atom. The summed E-state index contributed by atoms with van der Waals surface area (Å²) in [6.45, 7) is 3.74. The van der Waals surface area contributed by atoms with E-state index in [0.717, 1.165) is 24.9 Å². The number of nitrogens with zero attached hydrogens (tertiary/aromatic N) is 2. The minimum atomic E-state index is -3.32. The maximum Gasteiger partial charge on any atom is 0.243 e. The van der Waals surface area contributed by atoms with Gasteiger partial charge in [0.2, 0.25) is 10.0 Å². The molecule has 5 heteroatoms. The lowest BCUT2D eigenvalue weighted by Crippen LogP contribution is -2.41. The van der Waals surface area contributed by atoms with Crippen LogP contribution in [0.5, 0.6) is 0 Å². The fraction of sp³-hybridized carbons (Fsp3) is 0.625. The van der Waals surface area contributed by atoms with Gasteiger partial charge in [0.05, 0.1) is 4.90 Å². The Morgan fingerprint density at radius 3 is 2.38 bits per heavy atom. The Morgan fingerprint density at radius 2 is 1.86 bits per heavy atom. The average Bonchev–Trinajstić information content (AvgIpc) is 2.98. The van der Waals surface area contributed by atoms with E-state index in [2.05, 4.69) is 19.0 Å². The zero-order valence-electron chi connectivity index (χ0n) is 13.0. The molecule has 1 saturated heterocycles. The van der Waals surface area contributed by atoms with Gasteiger partial charge in [0.25, 0.3) is 0 Å². The smallest absolute Gasteiger partial charge is 0.243 e. The number of aryl methyl sites for hydroxylation is 1. The molecule has 3 rings (SSSR count). The molecule has 1 heterocycles. The molecular formula is C16H24N2O2S. The summed E-state index contributed by atoms with van der Waals surface area (Å²) in [5.74, 6) is 1.17. The summed E-state index contributed by atoms with van der Waals surface area (Å²) in [4.78, 5) is 2.65. The van der Waals surface area contributed by atoms with Crippen LogP contribution < -0.4 is 0 Å². The highest BCUT2D eigenvalue weighted by atomic mass is 32.2. The van der Waals surface area contributed by atoms with Crippen molar-refractivity contribution in [1.82, 2.24) is 9.21 Å². The highest BCUT2D eigenvalue weighted by molar-refractivity contribution is 7.89. The molecule has 1 aromatic rings. The van der Waals surface area contributed by atoms with E-state index in [1.54, 1.807) is 16.4 Å². The second-order valence-electron chi connectivity index (χ2n) is 6.80. The molecule has 1 aliphatic carbocycles. The summed E-state index contributed by atoms with van der Waals surface area (Å²) in [6, 6.07) is 7.40. The average molecular weight is 308 g/mol. The molecule has 1 saturated carbocycles. The molecule has 1 aromatic carbocycles. The van der Waals surface area contributed by atoms with Crippen molar-refractivity contribution in [3.8, 4) is 0 Å². The standard InChI is InChI=1S/C16H24N2O2S/c1-12-4-6-16(7-5-12)21(19,20)18-11-14-9-15(18)8-13(14)10-17(2)3/h4-7,13-15H,8-11H2,1-3H3. The molecule has 21 heavy (non-hydrogen) atoms. The van der Waals surface area contributed by atoms with Crippen molar-refractivity contribution < 1.29 is 8.42 Å². The molecule has 116 valence electrons. The second kappa shape index (κ2) is 5.38. The van der Waals surface area contributed by atoms with Gasteiger partial charge in [-0.05, 0) is 57.8 Å². The summed E-state index contributed by atoms with van der Waals surface area (Å²) < 4.78 is 27.3. The maximum absolute atomic E-state index is 12.8. The van der Waals surface area contributed by atoms with Crippen LogP contribution in [0.4, 0.5) is 0 Å². The van der Waals surface area contributed by atoms with Crippen molar-refractivity contribution in [2.75, 3.05) is 27.2 Å². The van der Waals surface area contributed by atoms with Crippen LogP contribution in [0, 0.1) is 18.8 Å². The van der Waals surface area contributed by atoms with Crippen LogP contribution in [0.15, 0.2) is 29.2 Å². The number of sulfonamides is 1. The van der Waals surface area contributed by atoms with Crippen molar-refractivity contribution >= 4 is 10.0 Å². The van der Waals surface area contributed by atoms with Gasteiger partial charge >= 0.3 is 0 Å². The van der Waals surface area contributed by atoms with E-state index in [1.165, 1.54) is 0 Å². The molecule has 0 N–H and O–H groups in total. The molecule has 0 amide bonds. The number of piperidine rings is 1. The zero-order chi connectivity index (χ0) is 15.2. The van der Waals surface area contributed by atoms with Gasteiger partial charge in [0, 0.05) is 19.1 Å². The number of hydrogen-bond donors (Lipinski definition) is 0. The van der Waals surface area contributed by atoms with Crippen LogP contribution in [0.25, 0.3) is 0 Å². The lowest BCUT2D eigenvalue weighted by molar-refractivity contribution is 0.215. The van der Waals surface area contributed by atoms with Gasteiger partial charge in [0.15, 0.2) is 0 Å². The highest BCUT2D eigenvalue weighted by Crippen LogP contribution is 2.44. The molecule has 1 aliphatic heterocycles. The van der Waals surface area contributed by atoms with E-state index in [0.29, 0.717) is 23.3 Å². The van der Waals surface area contributed by atoms with Gasteiger partial charge in [-0.2, -0.15) is 4.31 Å². The molecule has 3 atom stereocenters. The SMILES string of the molecule is Cc1ccc(S(=O)(=O)N2CC3CC2CC3CN(C)C)cc1. The molecule has 2 fully saturated rings. The third kappa shape index (κ3) is 2.74. The van der Waals surface area contributed by atoms with E-state index < -0.39 is 10.0 Å². The van der Waals surface area contributed by atoms with Gasteiger partial charge in [-0.25, -0.2) is 8.42 Å². The van der Waals surface area contributed by atoms with E-state index in [4.69, 9.17) is 0 Å². The Hall–Kier alpha value is -0.910. The zero-order valence-corrected chi connectivity index (χ0v) is 13.8. The Kier molecular flexibility index (Phi) is 3.84. The van der Waals surface area contributed by atoms with E-state index in [1.807, 2.05) is 19.1 Å². The van der Waals surface area contributed by atoms with Gasteiger partial charge < -0.3 is 4.90 Å². The first-order valence-electron chi connectivity index (χ1n) is 7.61. The molecule has 2 aliphatic rings. The maximum atomic E-state index is 12.8. The van der Waals surface area contributed by atoms with Crippen LogP contribution in [0.2, 0.25) is 0 Å². The number of hydrogen-bond acceptors (Lipinski definition) is 3. The molecule has 4 nitrogen and oxygen atoms in total. The molecule has 3 unspecified atom stereocenters. The van der Waals surface area contributed by atoms with Crippen LogP contribution in [-0.4, -0.2) is 50.8 Å². The Bertz CT molecular complexity index is 610. The number of benzene rings is 1. The van der Waals surface area contributed by atoms with E-state index in [-0.39, 0.29) is 6.04 Å². The predicted molar refractivity (Wildman–Crippen MR) is 83.6 cm³/mol. The van der Waals surface area contributed by atoms with Crippen molar-refractivity contribution in [2.45, 2.75) is 30.7 Å². The summed E-state index contributed by atoms with van der Waals surface area (Å²) in [6.07, 6.45) is 2.04. The van der Waals surface area contributed by atoms with E-state index >= 15 is 0 Å². The van der Waals surface area contributed by atoms with Crippen molar-refractivity contribution in [3.63, 3.8) is 0 Å². The summed E-state index contributed by atoms with van der Waals surface area (Å²) in [5, 5.41) is 0. The van der Waals surface area contributed by atoms with Crippen molar-refractivity contribution in [2.24, 2.45) is 11.8 Å². The van der Waals surface area contributed by atoms with Crippen LogP contribution in [0.1, 0.15) is 18.4 Å². The fourth-order valence-corrected chi connectivity index (χ4v) is 5.55. The van der Waals surface area contributed by atoms with Crippen LogP contribution in [-0.2, 0) is 10.0 Å². The molecule has 2 bridgehead atoms. The molecule has 0 spiro atoms. The Balaban J connectivity index is 1.77. The topological polar surface area (TPSA) is 40.6 Å². The first-order valence-corrected chi connectivity index (χ1v) is 9.05. The van der Waals surface area contributed by atoms with Crippen molar-refractivity contribution in [3.05, 3.63) is 29.8 Å². The first kappa shape index (κ1) is 15.0. The van der Waals surface area contributed by atoms with Crippen LogP contribution >= 0.6 is 0 Å². The number of rotatable bonds is 4. The van der Waals surface area contributed by atoms with E-state index in [9.17, 15) is 8.42 Å². The van der Waals surface area contributed by atoms with Crippen molar-refractivity contribution in [1.29, 1.82) is 0 Å². The Labute approximate surface area is 127 Å². The monoisotopic (exact) mass is 308 g/mol. The van der Waals surface area contributed by atoms with Crippen LogP contribution in [0.3, 0.4) is 0 Å². The number of fused-ring (bicyclic) bond motifs is 2. The summed E-state index contributed by atoms with van der Waals surface area (Å²) in [5.41, 5.74) is 1.09. The van der Waals surface area contributed by atoms with Gasteiger partial charge in [-0.1, -0.05) is 17.7 Å². The third-order valence-corrected chi connectivity index (χ3v) is 6.80. The lowest BCUT2D eigenvalue weighted by atomic mass is 9.95. The second-order valence-corrected chi connectivity index (χ2v) is 8.69. The fourth-order valence-electron chi connectivity index (χ4n) is 3.85.